The minimum atomic E-state index is -0.535. The molecule has 0 unspecified atom stereocenters. The summed E-state index contributed by atoms with van der Waals surface area (Å²) < 4.78 is 5.24. The van der Waals surface area contributed by atoms with Crippen LogP contribution in [0.5, 0.6) is 0 Å². The van der Waals surface area contributed by atoms with Gasteiger partial charge in [-0.05, 0) is 18.9 Å². The molecule has 1 saturated heterocycles. The molecule has 0 spiro atoms. The Bertz CT molecular complexity index is 899. The monoisotopic (exact) mass is 415 g/mol. The Balaban J connectivity index is 1.57. The first-order valence-corrected chi connectivity index (χ1v) is 10.5. The van der Waals surface area contributed by atoms with Crippen LogP contribution in [-0.2, 0) is 20.7 Å². The number of hydrogen-bond donors (Lipinski definition) is 0. The molecule has 0 aliphatic carbocycles. The molecule has 2 aromatic rings. The van der Waals surface area contributed by atoms with Gasteiger partial charge in [0.1, 0.15) is 9.88 Å². The first-order chi connectivity index (χ1) is 13.9. The van der Waals surface area contributed by atoms with Crippen molar-refractivity contribution in [2.75, 3.05) is 32.8 Å². The van der Waals surface area contributed by atoms with Crippen LogP contribution < -0.4 is 0 Å². The second kappa shape index (κ2) is 9.17. The number of thiazole rings is 1. The molecule has 0 N–H and O–H groups in total. The molecule has 1 aromatic heterocycles. The SMILES string of the molecule is CCc1ccc(-c2nc(C)c(C(=O)OCC(=O)N3CCN(C(C)=O)CC3)s2)cc1. The van der Waals surface area contributed by atoms with E-state index >= 15 is 0 Å². The van der Waals surface area contributed by atoms with E-state index in [1.54, 1.807) is 16.7 Å². The number of esters is 1. The third-order valence-electron chi connectivity index (χ3n) is 5.00. The number of carbonyl (C=O) groups is 3. The average Bonchev–Trinajstić information content (AvgIpc) is 3.13. The third-order valence-corrected chi connectivity index (χ3v) is 6.18. The lowest BCUT2D eigenvalue weighted by molar-refractivity contribution is -0.140. The van der Waals surface area contributed by atoms with Gasteiger partial charge in [-0.25, -0.2) is 9.78 Å². The highest BCUT2D eigenvalue weighted by Crippen LogP contribution is 2.28. The molecule has 0 bridgehead atoms. The summed E-state index contributed by atoms with van der Waals surface area (Å²) in [6.45, 7) is 6.98. The number of amides is 2. The van der Waals surface area contributed by atoms with Crippen LogP contribution in [0.1, 0.15) is 34.8 Å². The van der Waals surface area contributed by atoms with Crippen molar-refractivity contribution in [3.05, 3.63) is 40.4 Å². The highest BCUT2D eigenvalue weighted by atomic mass is 32.1. The van der Waals surface area contributed by atoms with Gasteiger partial charge in [-0.3, -0.25) is 9.59 Å². The summed E-state index contributed by atoms with van der Waals surface area (Å²) in [4.78, 5) is 44.4. The number of nitrogens with zero attached hydrogens (tertiary/aromatic N) is 3. The van der Waals surface area contributed by atoms with Crippen LogP contribution in [0.4, 0.5) is 0 Å². The summed E-state index contributed by atoms with van der Waals surface area (Å²) in [6.07, 6.45) is 0.965. The van der Waals surface area contributed by atoms with Crippen LogP contribution in [0.3, 0.4) is 0 Å². The molecule has 0 radical (unpaired) electrons. The molecule has 3 rings (SSSR count). The van der Waals surface area contributed by atoms with Gasteiger partial charge in [0.15, 0.2) is 6.61 Å². The van der Waals surface area contributed by atoms with Crippen molar-refractivity contribution in [2.45, 2.75) is 27.2 Å². The van der Waals surface area contributed by atoms with Gasteiger partial charge in [-0.15, -0.1) is 11.3 Å². The number of aryl methyl sites for hydroxylation is 2. The molecule has 1 fully saturated rings. The van der Waals surface area contributed by atoms with E-state index in [1.807, 2.05) is 12.1 Å². The quantitative estimate of drug-likeness (QED) is 0.701. The number of hydrogen-bond acceptors (Lipinski definition) is 6. The molecule has 7 nitrogen and oxygen atoms in total. The van der Waals surface area contributed by atoms with Crippen LogP contribution in [0.25, 0.3) is 10.6 Å². The summed E-state index contributed by atoms with van der Waals surface area (Å²) in [5.74, 6) is -0.782. The average molecular weight is 416 g/mol. The van der Waals surface area contributed by atoms with Gasteiger partial charge in [-0.2, -0.15) is 0 Å². The molecule has 1 aromatic carbocycles. The molecular weight excluding hydrogens is 390 g/mol. The van der Waals surface area contributed by atoms with E-state index in [4.69, 9.17) is 4.74 Å². The number of ether oxygens (including phenoxy) is 1. The number of carbonyl (C=O) groups excluding carboxylic acids is 3. The van der Waals surface area contributed by atoms with E-state index < -0.39 is 5.97 Å². The van der Waals surface area contributed by atoms with Gasteiger partial charge >= 0.3 is 5.97 Å². The summed E-state index contributed by atoms with van der Waals surface area (Å²) in [7, 11) is 0. The Labute approximate surface area is 174 Å². The number of benzene rings is 1. The van der Waals surface area contributed by atoms with Gasteiger partial charge in [0.25, 0.3) is 5.91 Å². The molecular formula is C21H25N3O4S. The van der Waals surface area contributed by atoms with E-state index in [0.717, 1.165) is 17.0 Å². The molecule has 0 saturated carbocycles. The van der Waals surface area contributed by atoms with Gasteiger partial charge in [-0.1, -0.05) is 31.2 Å². The van der Waals surface area contributed by atoms with Gasteiger partial charge < -0.3 is 14.5 Å². The van der Waals surface area contributed by atoms with E-state index in [-0.39, 0.29) is 18.4 Å². The fourth-order valence-electron chi connectivity index (χ4n) is 3.15. The molecule has 2 amide bonds. The van der Waals surface area contributed by atoms with Crippen LogP contribution in [0, 0.1) is 6.92 Å². The zero-order valence-corrected chi connectivity index (χ0v) is 17.8. The Morgan fingerprint density at radius 2 is 1.69 bits per heavy atom. The van der Waals surface area contributed by atoms with Crippen molar-refractivity contribution in [1.29, 1.82) is 0 Å². The van der Waals surface area contributed by atoms with Gasteiger partial charge in [0.2, 0.25) is 5.91 Å². The second-order valence-electron chi connectivity index (χ2n) is 6.95. The first-order valence-electron chi connectivity index (χ1n) is 9.66. The van der Waals surface area contributed by atoms with Crippen molar-refractivity contribution in [3.63, 3.8) is 0 Å². The number of piperazine rings is 1. The smallest absolute Gasteiger partial charge is 0.350 e. The van der Waals surface area contributed by atoms with Crippen LogP contribution in [0.15, 0.2) is 24.3 Å². The lowest BCUT2D eigenvalue weighted by Crippen LogP contribution is -2.51. The summed E-state index contributed by atoms with van der Waals surface area (Å²) >= 11 is 1.27. The van der Waals surface area contributed by atoms with Crippen LogP contribution >= 0.6 is 11.3 Å². The van der Waals surface area contributed by atoms with E-state index in [1.165, 1.54) is 23.8 Å². The van der Waals surface area contributed by atoms with E-state index in [0.29, 0.717) is 36.8 Å². The molecule has 8 heteroatoms. The lowest BCUT2D eigenvalue weighted by Gasteiger charge is -2.34. The highest BCUT2D eigenvalue weighted by Gasteiger charge is 2.24. The number of aromatic nitrogens is 1. The van der Waals surface area contributed by atoms with Crippen LogP contribution in [0.2, 0.25) is 0 Å². The standard InChI is InChI=1S/C21H25N3O4S/c1-4-16-5-7-17(8-6-16)20-22-14(2)19(29-20)21(27)28-13-18(26)24-11-9-23(10-12-24)15(3)25/h5-8H,4,9-13H2,1-3H3. The second-order valence-corrected chi connectivity index (χ2v) is 7.95. The molecule has 2 heterocycles. The Morgan fingerprint density at radius 1 is 1.07 bits per heavy atom. The zero-order valence-electron chi connectivity index (χ0n) is 16.9. The third kappa shape index (κ3) is 5.00. The van der Waals surface area contributed by atoms with E-state index in [2.05, 4.69) is 24.0 Å². The Hall–Kier alpha value is -2.74. The largest absolute Gasteiger partial charge is 0.451 e. The molecule has 0 atom stereocenters. The molecule has 1 aliphatic rings. The molecule has 1 aliphatic heterocycles. The summed E-state index contributed by atoms with van der Waals surface area (Å²) in [5, 5.41) is 0.754. The van der Waals surface area contributed by atoms with E-state index in [9.17, 15) is 14.4 Å². The normalized spacial score (nSPS) is 14.0. The maximum atomic E-state index is 12.5. The Morgan fingerprint density at radius 3 is 2.28 bits per heavy atom. The van der Waals surface area contributed by atoms with Crippen molar-refractivity contribution >= 4 is 29.1 Å². The summed E-state index contributed by atoms with van der Waals surface area (Å²) in [6, 6.07) is 8.09. The maximum Gasteiger partial charge on any atom is 0.350 e. The fraction of sp³-hybridized carbons (Fsp3) is 0.429. The predicted molar refractivity (Wildman–Crippen MR) is 111 cm³/mol. The van der Waals surface area contributed by atoms with Crippen LogP contribution in [-0.4, -0.2) is 65.4 Å². The minimum absolute atomic E-state index is 0.00401. The number of rotatable bonds is 5. The van der Waals surface area contributed by atoms with Crippen molar-refractivity contribution in [2.24, 2.45) is 0 Å². The van der Waals surface area contributed by atoms with Gasteiger partial charge in [0.05, 0.1) is 5.69 Å². The summed E-state index contributed by atoms with van der Waals surface area (Å²) in [5.41, 5.74) is 2.79. The molecule has 29 heavy (non-hydrogen) atoms. The maximum absolute atomic E-state index is 12.5. The topological polar surface area (TPSA) is 79.8 Å². The van der Waals surface area contributed by atoms with Crippen molar-refractivity contribution < 1.29 is 19.1 Å². The first kappa shape index (κ1) is 21.0. The minimum Gasteiger partial charge on any atom is -0.451 e. The fourth-order valence-corrected chi connectivity index (χ4v) is 4.11. The Kier molecular flexibility index (Phi) is 6.64. The van der Waals surface area contributed by atoms with Crippen molar-refractivity contribution in [1.82, 2.24) is 14.8 Å². The van der Waals surface area contributed by atoms with Gasteiger partial charge in [0, 0.05) is 38.7 Å². The molecule has 154 valence electrons. The zero-order chi connectivity index (χ0) is 21.0. The van der Waals surface area contributed by atoms with Crippen molar-refractivity contribution in [3.8, 4) is 10.6 Å². The lowest BCUT2D eigenvalue weighted by atomic mass is 10.1. The predicted octanol–water partition coefficient (Wildman–Crippen LogP) is 2.53. The highest BCUT2D eigenvalue weighted by molar-refractivity contribution is 7.17.